The van der Waals surface area contributed by atoms with Gasteiger partial charge in [-0.15, -0.1) is 0 Å². The van der Waals surface area contributed by atoms with Crippen molar-refractivity contribution < 1.29 is 48.3 Å². The van der Waals surface area contributed by atoms with Gasteiger partial charge >= 0.3 is 0 Å². The van der Waals surface area contributed by atoms with E-state index in [4.69, 9.17) is 11.1 Å². The third kappa shape index (κ3) is 15.2. The number of thiol groups is 2. The van der Waals surface area contributed by atoms with Crippen molar-refractivity contribution in [3.63, 3.8) is 0 Å². The van der Waals surface area contributed by atoms with Crippen molar-refractivity contribution in [3.05, 3.63) is 71.9 Å². The van der Waals surface area contributed by atoms with Crippen molar-refractivity contribution in [1.82, 2.24) is 51.6 Å². The minimum Gasteiger partial charge on any atom is -0.391 e. The molecular weight excluding hydrogens is 1000 g/mol. The Bertz CT molecular complexity index is 2570. The maximum atomic E-state index is 14.7. The summed E-state index contributed by atoms with van der Waals surface area (Å²) in [6.45, 7) is 3.25. The molecule has 3 aliphatic heterocycles. The van der Waals surface area contributed by atoms with Crippen LogP contribution in [0.3, 0.4) is 0 Å². The maximum Gasteiger partial charge on any atom is 0.246 e. The van der Waals surface area contributed by atoms with E-state index in [0.717, 1.165) is 10.9 Å². The molecule has 24 heteroatoms. The van der Waals surface area contributed by atoms with Gasteiger partial charge in [-0.25, -0.2) is 0 Å². The van der Waals surface area contributed by atoms with E-state index in [9.17, 15) is 48.3 Å². The molecule has 9 atom stereocenters. The summed E-state index contributed by atoms with van der Waals surface area (Å²) >= 11 is 8.66. The van der Waals surface area contributed by atoms with Gasteiger partial charge in [-0.1, -0.05) is 48.5 Å². The first-order valence-corrected chi connectivity index (χ1v) is 26.6. The van der Waals surface area contributed by atoms with Gasteiger partial charge < -0.3 is 62.4 Å². The van der Waals surface area contributed by atoms with Gasteiger partial charge in [0.25, 0.3) is 0 Å². The number of hydrogen-bond acceptors (Lipinski definition) is 13. The molecule has 3 fully saturated rings. The Kier molecular flexibility index (Phi) is 20.9. The lowest BCUT2D eigenvalue weighted by molar-refractivity contribution is -0.147. The molecule has 0 aliphatic carbocycles. The van der Waals surface area contributed by atoms with E-state index in [0.29, 0.717) is 43.4 Å². The Morgan fingerprint density at radius 1 is 0.720 bits per heavy atom. The molecule has 75 heavy (non-hydrogen) atoms. The number of likely N-dealkylation sites (tertiary alicyclic amines) is 3. The predicted molar refractivity (Wildman–Crippen MR) is 285 cm³/mol. The lowest BCUT2D eigenvalue weighted by Gasteiger charge is -2.33. The first-order chi connectivity index (χ1) is 35.9. The van der Waals surface area contributed by atoms with E-state index in [2.05, 4.69) is 62.1 Å². The number of rotatable bonds is 24. The Hall–Kier alpha value is -6.66. The van der Waals surface area contributed by atoms with Gasteiger partial charge in [-0.2, -0.15) is 25.3 Å². The van der Waals surface area contributed by atoms with Crippen molar-refractivity contribution in [2.75, 3.05) is 37.7 Å². The number of guanidine groups is 1. The molecule has 0 unspecified atom stereocenters. The Morgan fingerprint density at radius 2 is 1.33 bits per heavy atom. The average Bonchev–Trinajstić information content (AvgIpc) is 4.23. The number of amides is 8. The number of benzene rings is 2. The SMILES string of the molecule is CC(=O)N[C@@H](CCS)C(=O)N1C[C@H](O)C[C@H]1C(=O)N[C@H](Cc1ccccc1)C(=O)N[C@@H](CCCNC(=N)N)C(=O)N[C@@H](Cc1c[nH]c2ccccc12)C(=O)N[C@@H](CS)C(=O)N1CCC[C@H]1C(=O)N1CCC[C@H]1C(C)=O. The van der Waals surface area contributed by atoms with Crippen LogP contribution in [0.15, 0.2) is 60.8 Å². The van der Waals surface area contributed by atoms with Crippen molar-refractivity contribution in [3.8, 4) is 0 Å². The molecule has 0 spiro atoms. The number of β-amino-alcohol motifs (C(OH)–C–C–N with tert-alkyl or cyclic N) is 1. The first kappa shape index (κ1) is 57.6. The summed E-state index contributed by atoms with van der Waals surface area (Å²) in [5, 5.41) is 35.5. The van der Waals surface area contributed by atoms with Crippen LogP contribution in [0.25, 0.3) is 10.9 Å². The van der Waals surface area contributed by atoms with Crippen LogP contribution in [0, 0.1) is 5.41 Å². The number of nitrogens with two attached hydrogens (primary N) is 1. The number of nitrogens with one attached hydrogen (secondary N) is 8. The quantitative estimate of drug-likeness (QED) is 0.0233. The number of ketones is 1. The van der Waals surface area contributed by atoms with E-state index < -0.39 is 95.8 Å². The summed E-state index contributed by atoms with van der Waals surface area (Å²) in [5.74, 6) is -5.46. The highest BCUT2D eigenvalue weighted by atomic mass is 32.1. The van der Waals surface area contributed by atoms with Crippen LogP contribution in [0.4, 0.5) is 0 Å². The Morgan fingerprint density at radius 3 is 2.00 bits per heavy atom. The zero-order valence-corrected chi connectivity index (χ0v) is 44.0. The van der Waals surface area contributed by atoms with Gasteiger partial charge in [0.15, 0.2) is 11.7 Å². The third-order valence-electron chi connectivity index (χ3n) is 13.8. The van der Waals surface area contributed by atoms with Gasteiger partial charge in [0, 0.05) is 75.2 Å². The third-order valence-corrected chi connectivity index (χ3v) is 14.5. The van der Waals surface area contributed by atoms with Crippen molar-refractivity contribution in [2.45, 2.75) is 132 Å². The summed E-state index contributed by atoms with van der Waals surface area (Å²) in [7, 11) is 0. The summed E-state index contributed by atoms with van der Waals surface area (Å²) in [4.78, 5) is 132. The number of H-pyrrole nitrogens is 1. The van der Waals surface area contributed by atoms with Crippen LogP contribution in [0.1, 0.15) is 76.3 Å². The number of para-hydroxylation sites is 1. The van der Waals surface area contributed by atoms with Gasteiger partial charge in [0.05, 0.1) is 12.1 Å². The molecule has 11 N–H and O–H groups in total. The topological polar surface area (TPSA) is 321 Å². The van der Waals surface area contributed by atoms with E-state index in [1.54, 1.807) is 36.5 Å². The minimum atomic E-state index is -1.37. The molecule has 406 valence electrons. The maximum absolute atomic E-state index is 14.7. The lowest BCUT2D eigenvalue weighted by Crippen LogP contribution is -2.61. The molecule has 6 rings (SSSR count). The van der Waals surface area contributed by atoms with Crippen molar-refractivity contribution >= 4 is 95.2 Å². The Labute approximate surface area is 446 Å². The highest BCUT2D eigenvalue weighted by Gasteiger charge is 2.45. The van der Waals surface area contributed by atoms with Crippen LogP contribution in [0.5, 0.6) is 0 Å². The zero-order chi connectivity index (χ0) is 54.3. The van der Waals surface area contributed by atoms with Crippen LogP contribution in [-0.4, -0.2) is 176 Å². The van der Waals surface area contributed by atoms with E-state index >= 15 is 0 Å². The standard InChI is InChI=1S/C51H70N12O10S2/c1-29(64)41-16-9-20-61(41)50(73)42-17-10-21-62(42)49(72)40(28-75)60-46(69)39(24-32-26-55-35-14-7-6-13-34(32)35)58-44(67)36(15-8-19-54-51(52)53)57-45(68)38(23-31-11-4-3-5-12-31)59-47(70)43-25-33(66)27-63(43)48(71)37(18-22-74)56-30(2)65/h3-7,11-14,26,33,36-43,55,66,74-75H,8-10,15-25,27-28H2,1-2H3,(H,56,65)(H,57,68)(H,58,67)(H,59,70)(H,60,69)(H4,52,53,54)/t33-,36+,37+,38-,39+,40+,41+,42+,43+/m1/s1. The first-order valence-electron chi connectivity index (χ1n) is 25.4. The number of hydrogen-bond donors (Lipinski definition) is 12. The number of aromatic nitrogens is 1. The number of Topliss-reactive ketones (excluding diaryl/α,β-unsaturated/α-hetero) is 1. The van der Waals surface area contributed by atoms with Gasteiger partial charge in [0.1, 0.15) is 42.3 Å². The monoisotopic (exact) mass is 1070 g/mol. The summed E-state index contributed by atoms with van der Waals surface area (Å²) in [5.41, 5.74) is 7.58. The normalized spacial score (nSPS) is 20.3. The predicted octanol–water partition coefficient (Wildman–Crippen LogP) is -0.557. The van der Waals surface area contributed by atoms with Crippen LogP contribution >= 0.6 is 25.3 Å². The second-order valence-corrected chi connectivity index (χ2v) is 20.1. The van der Waals surface area contributed by atoms with Gasteiger partial charge in [-0.05, 0) is 74.8 Å². The van der Waals surface area contributed by atoms with E-state index in [1.807, 2.05) is 24.3 Å². The van der Waals surface area contributed by atoms with Gasteiger partial charge in [-0.3, -0.25) is 48.6 Å². The van der Waals surface area contributed by atoms with E-state index in [1.165, 1.54) is 28.5 Å². The Balaban J connectivity index is 1.25. The second-order valence-electron chi connectivity index (χ2n) is 19.3. The lowest BCUT2D eigenvalue weighted by atomic mass is 10.0. The zero-order valence-electron chi connectivity index (χ0n) is 42.2. The van der Waals surface area contributed by atoms with Gasteiger partial charge in [0.2, 0.25) is 47.3 Å². The summed E-state index contributed by atoms with van der Waals surface area (Å²) in [6.07, 6.45) is 2.69. The number of fused-ring (bicyclic) bond motifs is 1. The largest absolute Gasteiger partial charge is 0.391 e. The van der Waals surface area contributed by atoms with Crippen LogP contribution < -0.4 is 37.6 Å². The smallest absolute Gasteiger partial charge is 0.246 e. The van der Waals surface area contributed by atoms with E-state index in [-0.39, 0.29) is 87.3 Å². The molecule has 0 bridgehead atoms. The fourth-order valence-corrected chi connectivity index (χ4v) is 10.6. The fourth-order valence-electron chi connectivity index (χ4n) is 10.1. The molecule has 22 nitrogen and oxygen atoms in total. The molecule has 3 saturated heterocycles. The molecule has 0 saturated carbocycles. The molecule has 1 aromatic heterocycles. The number of carbonyl (C=O) groups excluding carboxylic acids is 9. The molecule has 2 aromatic carbocycles. The molecule has 0 radical (unpaired) electrons. The van der Waals surface area contributed by atoms with Crippen molar-refractivity contribution in [1.29, 1.82) is 5.41 Å². The number of nitrogens with zero attached hydrogens (tertiary/aromatic N) is 3. The second kappa shape index (κ2) is 27.2. The number of aliphatic hydroxyl groups is 1. The molecule has 3 aliphatic rings. The molecule has 8 amide bonds. The molecule has 3 aromatic rings. The number of carbonyl (C=O) groups is 9. The highest BCUT2D eigenvalue weighted by molar-refractivity contribution is 7.80. The minimum absolute atomic E-state index is 0.0539. The fraction of sp³-hybridized carbons (Fsp3) is 0.529. The number of aromatic amines is 1. The van der Waals surface area contributed by atoms with Crippen LogP contribution in [-0.2, 0) is 56.0 Å². The summed E-state index contributed by atoms with van der Waals surface area (Å²) in [6, 6.07) is 7.11. The summed E-state index contributed by atoms with van der Waals surface area (Å²) < 4.78 is 0. The van der Waals surface area contributed by atoms with Crippen molar-refractivity contribution in [2.24, 2.45) is 5.73 Å². The number of aliphatic hydroxyl groups excluding tert-OH is 1. The average molecular weight is 1080 g/mol. The molecular formula is C51H70N12O10S2. The molecule has 4 heterocycles. The highest BCUT2D eigenvalue weighted by Crippen LogP contribution is 2.27. The van der Waals surface area contributed by atoms with Crippen LogP contribution in [0.2, 0.25) is 0 Å².